The summed E-state index contributed by atoms with van der Waals surface area (Å²) < 4.78 is 5.11. The number of nitro groups is 1. The van der Waals surface area contributed by atoms with Gasteiger partial charge in [-0.1, -0.05) is 0 Å². The van der Waals surface area contributed by atoms with Gasteiger partial charge in [-0.05, 0) is 6.07 Å². The molecule has 2 aromatic rings. The zero-order valence-corrected chi connectivity index (χ0v) is 8.26. The lowest BCUT2D eigenvalue weighted by Gasteiger charge is -1.94. The van der Waals surface area contributed by atoms with Crippen LogP contribution in [0.2, 0.25) is 0 Å². The number of phenols is 1. The second-order valence-electron chi connectivity index (χ2n) is 3.30. The number of nitrogens with zero attached hydrogens (tertiary/aromatic N) is 1. The quantitative estimate of drug-likeness (QED) is 0.476. The van der Waals surface area contributed by atoms with Crippen molar-refractivity contribution in [2.45, 2.75) is 6.92 Å². The van der Waals surface area contributed by atoms with Gasteiger partial charge in [0.25, 0.3) is 0 Å². The molecule has 0 aliphatic heterocycles. The molecular weight excluding hydrogens is 214 g/mol. The third kappa shape index (κ3) is 1.50. The van der Waals surface area contributed by atoms with Crippen LogP contribution in [0.3, 0.4) is 0 Å². The molecular formula is C10H7NO5. The number of aromatic hydroxyl groups is 1. The molecule has 1 aromatic heterocycles. The predicted octanol–water partition coefficient (Wildman–Crippen LogP) is 2.25. The molecule has 6 heteroatoms. The second kappa shape index (κ2) is 3.34. The molecule has 1 heterocycles. The number of fused-ring (bicyclic) bond motifs is 1. The highest BCUT2D eigenvalue weighted by atomic mass is 16.6. The molecule has 0 aliphatic carbocycles. The van der Waals surface area contributed by atoms with Gasteiger partial charge in [-0.15, -0.1) is 0 Å². The highest BCUT2D eigenvalue weighted by Crippen LogP contribution is 2.32. The minimum absolute atomic E-state index is 0.106. The van der Waals surface area contributed by atoms with E-state index in [9.17, 15) is 20.0 Å². The molecule has 0 fully saturated rings. The average Bonchev–Trinajstić information content (AvgIpc) is 2.58. The molecule has 0 amide bonds. The fraction of sp³-hybridized carbons (Fsp3) is 0.100. The van der Waals surface area contributed by atoms with Crippen molar-refractivity contribution in [3.8, 4) is 5.75 Å². The Morgan fingerprint density at radius 3 is 2.69 bits per heavy atom. The van der Waals surface area contributed by atoms with E-state index in [0.29, 0.717) is 5.39 Å². The van der Waals surface area contributed by atoms with Crippen molar-refractivity contribution in [3.63, 3.8) is 0 Å². The van der Waals surface area contributed by atoms with E-state index in [2.05, 4.69) is 0 Å². The van der Waals surface area contributed by atoms with Crippen LogP contribution in [0.4, 0.5) is 5.69 Å². The zero-order valence-electron chi connectivity index (χ0n) is 8.26. The first-order valence-corrected chi connectivity index (χ1v) is 4.41. The lowest BCUT2D eigenvalue weighted by atomic mass is 10.2. The van der Waals surface area contributed by atoms with Crippen molar-refractivity contribution in [3.05, 3.63) is 34.1 Å². The Morgan fingerprint density at radius 1 is 1.44 bits per heavy atom. The smallest absolute Gasteiger partial charge is 0.311 e. The van der Waals surface area contributed by atoms with Crippen LogP contribution in [-0.4, -0.2) is 15.8 Å². The predicted molar refractivity (Wildman–Crippen MR) is 54.5 cm³/mol. The second-order valence-corrected chi connectivity index (χ2v) is 3.30. The molecule has 16 heavy (non-hydrogen) atoms. The molecule has 0 aliphatic rings. The Hall–Kier alpha value is -2.37. The van der Waals surface area contributed by atoms with Gasteiger partial charge in [0, 0.05) is 24.4 Å². The van der Waals surface area contributed by atoms with Crippen LogP contribution >= 0.6 is 0 Å². The number of phenolic OH excluding ortho intramolecular Hbond substituents is 1. The molecule has 6 nitrogen and oxygen atoms in total. The normalized spacial score (nSPS) is 10.6. The third-order valence-electron chi connectivity index (χ3n) is 2.16. The highest BCUT2D eigenvalue weighted by Gasteiger charge is 2.17. The van der Waals surface area contributed by atoms with E-state index in [1.165, 1.54) is 19.1 Å². The number of furan rings is 1. The third-order valence-corrected chi connectivity index (χ3v) is 2.16. The highest BCUT2D eigenvalue weighted by molar-refractivity contribution is 5.96. The molecule has 0 radical (unpaired) electrons. The van der Waals surface area contributed by atoms with Gasteiger partial charge >= 0.3 is 5.69 Å². The molecule has 0 unspecified atom stereocenters. The number of hydrogen-bond donors (Lipinski definition) is 1. The molecule has 0 bridgehead atoms. The van der Waals surface area contributed by atoms with Gasteiger partial charge in [0.15, 0.2) is 17.3 Å². The number of rotatable bonds is 2. The van der Waals surface area contributed by atoms with Crippen molar-refractivity contribution < 1.29 is 19.2 Å². The van der Waals surface area contributed by atoms with Crippen molar-refractivity contribution in [1.29, 1.82) is 0 Å². The Balaban J connectivity index is 2.70. The molecule has 82 valence electrons. The summed E-state index contributed by atoms with van der Waals surface area (Å²) in [6.45, 7) is 1.33. The van der Waals surface area contributed by atoms with Gasteiger partial charge < -0.3 is 9.52 Å². The summed E-state index contributed by atoms with van der Waals surface area (Å²) >= 11 is 0. The van der Waals surface area contributed by atoms with Crippen LogP contribution < -0.4 is 0 Å². The Kier molecular flexibility index (Phi) is 2.12. The first-order valence-electron chi connectivity index (χ1n) is 4.41. The number of carbonyl (C=O) groups excluding carboxylic acids is 1. The lowest BCUT2D eigenvalue weighted by molar-refractivity contribution is -0.385. The molecule has 1 N–H and O–H groups in total. The summed E-state index contributed by atoms with van der Waals surface area (Å²) in [5, 5.41) is 20.3. The fourth-order valence-corrected chi connectivity index (χ4v) is 1.38. The maximum Gasteiger partial charge on any atom is 0.311 e. The summed E-state index contributed by atoms with van der Waals surface area (Å²) in [5.74, 6) is -0.657. The monoisotopic (exact) mass is 221 g/mol. The fourth-order valence-electron chi connectivity index (χ4n) is 1.38. The van der Waals surface area contributed by atoms with Crippen LogP contribution in [0.15, 0.2) is 22.6 Å². The van der Waals surface area contributed by atoms with Crippen LogP contribution in [0.1, 0.15) is 17.5 Å². The minimum atomic E-state index is -0.699. The Labute approximate surface area is 89.2 Å². The number of carbonyl (C=O) groups is 1. The van der Waals surface area contributed by atoms with Gasteiger partial charge in [-0.2, -0.15) is 0 Å². The number of Topliss-reactive ketones (excluding diaryl/α,β-unsaturated/α-hetero) is 1. The van der Waals surface area contributed by atoms with Crippen molar-refractivity contribution in [1.82, 2.24) is 0 Å². The molecule has 0 saturated carbocycles. The summed E-state index contributed by atoms with van der Waals surface area (Å²) in [6.07, 6.45) is 0. The average molecular weight is 221 g/mol. The van der Waals surface area contributed by atoms with E-state index in [-0.39, 0.29) is 17.1 Å². The van der Waals surface area contributed by atoms with Crippen LogP contribution in [0, 0.1) is 10.1 Å². The first-order chi connectivity index (χ1) is 7.49. The number of ketones is 1. The van der Waals surface area contributed by atoms with Gasteiger partial charge in [0.2, 0.25) is 0 Å². The van der Waals surface area contributed by atoms with Crippen LogP contribution in [-0.2, 0) is 0 Å². The van der Waals surface area contributed by atoms with Crippen molar-refractivity contribution in [2.24, 2.45) is 0 Å². The first kappa shape index (κ1) is 10.2. The van der Waals surface area contributed by atoms with E-state index < -0.39 is 16.4 Å². The number of nitro benzene ring substituents is 1. The van der Waals surface area contributed by atoms with E-state index >= 15 is 0 Å². The van der Waals surface area contributed by atoms with Gasteiger partial charge in [-0.3, -0.25) is 14.9 Å². The van der Waals surface area contributed by atoms with E-state index in [1.807, 2.05) is 0 Å². The number of hydrogen-bond acceptors (Lipinski definition) is 5. The standard InChI is InChI=1S/C10H7NO5/c1-5(12)9-3-6-2-7(11(14)15)8(13)4-10(6)16-9/h2-4,13H,1H3. The van der Waals surface area contributed by atoms with Crippen LogP contribution in [0.25, 0.3) is 11.0 Å². The summed E-state index contributed by atoms with van der Waals surface area (Å²) in [5.41, 5.74) is -0.170. The van der Waals surface area contributed by atoms with E-state index in [1.54, 1.807) is 0 Å². The van der Waals surface area contributed by atoms with E-state index in [4.69, 9.17) is 4.42 Å². The van der Waals surface area contributed by atoms with E-state index in [0.717, 1.165) is 6.07 Å². The molecule has 1 aromatic carbocycles. The molecule has 0 spiro atoms. The Bertz CT molecular complexity index is 599. The number of benzene rings is 1. The van der Waals surface area contributed by atoms with Crippen molar-refractivity contribution >= 4 is 22.4 Å². The molecule has 0 saturated heterocycles. The minimum Gasteiger partial charge on any atom is -0.502 e. The molecule has 0 atom stereocenters. The van der Waals surface area contributed by atoms with Crippen LogP contribution in [0.5, 0.6) is 5.75 Å². The van der Waals surface area contributed by atoms with Gasteiger partial charge in [0.05, 0.1) is 4.92 Å². The topological polar surface area (TPSA) is 93.6 Å². The lowest BCUT2D eigenvalue weighted by Crippen LogP contribution is -1.87. The maximum absolute atomic E-state index is 11.0. The summed E-state index contributed by atoms with van der Waals surface area (Å²) in [7, 11) is 0. The Morgan fingerprint density at radius 2 is 2.12 bits per heavy atom. The molecule has 2 rings (SSSR count). The largest absolute Gasteiger partial charge is 0.502 e. The SMILES string of the molecule is CC(=O)c1cc2cc([N+](=O)[O-])c(O)cc2o1. The van der Waals surface area contributed by atoms with Gasteiger partial charge in [-0.25, -0.2) is 0 Å². The van der Waals surface area contributed by atoms with Crippen molar-refractivity contribution in [2.75, 3.05) is 0 Å². The summed E-state index contributed by atoms with van der Waals surface area (Å²) in [6, 6.07) is 3.70. The zero-order chi connectivity index (χ0) is 11.9. The maximum atomic E-state index is 11.0. The van der Waals surface area contributed by atoms with Gasteiger partial charge in [0.1, 0.15) is 5.58 Å². The summed E-state index contributed by atoms with van der Waals surface area (Å²) in [4.78, 5) is 20.9.